The van der Waals surface area contributed by atoms with Crippen LogP contribution in [0.2, 0.25) is 0 Å². The Kier molecular flexibility index (Phi) is 4.37. The van der Waals surface area contributed by atoms with Gasteiger partial charge in [0.05, 0.1) is 6.04 Å². The Bertz CT molecular complexity index is 391. The zero-order valence-corrected chi connectivity index (χ0v) is 11.2. The average molecular weight is 246 g/mol. The van der Waals surface area contributed by atoms with Gasteiger partial charge in [-0.15, -0.1) is 0 Å². The fourth-order valence-electron chi connectivity index (χ4n) is 2.73. The van der Waals surface area contributed by atoms with Crippen molar-refractivity contribution in [3.63, 3.8) is 0 Å². The summed E-state index contributed by atoms with van der Waals surface area (Å²) in [6.07, 6.45) is 2.19. The normalized spacial score (nSPS) is 21.0. The van der Waals surface area contributed by atoms with Crippen molar-refractivity contribution in [1.29, 1.82) is 0 Å². The molecule has 98 valence electrons. The topological polar surface area (TPSA) is 32.3 Å². The summed E-state index contributed by atoms with van der Waals surface area (Å²) < 4.78 is 0. The van der Waals surface area contributed by atoms with E-state index in [-0.39, 0.29) is 17.9 Å². The summed E-state index contributed by atoms with van der Waals surface area (Å²) in [5.74, 6) is 0.329. The van der Waals surface area contributed by atoms with E-state index < -0.39 is 0 Å². The molecule has 0 aromatic heterocycles. The molecule has 3 nitrogen and oxygen atoms in total. The molecule has 0 aliphatic carbocycles. The van der Waals surface area contributed by atoms with Crippen molar-refractivity contribution in [2.24, 2.45) is 5.92 Å². The molecule has 1 heterocycles. The van der Waals surface area contributed by atoms with Crippen LogP contribution in [0.25, 0.3) is 0 Å². The lowest BCUT2D eigenvalue weighted by Crippen LogP contribution is -2.38. The smallest absolute Gasteiger partial charge is 0.227 e. The molecule has 18 heavy (non-hydrogen) atoms. The summed E-state index contributed by atoms with van der Waals surface area (Å²) in [5.41, 5.74) is 1.26. The standard InChI is InChI=1S/C15H22N2O/c1-12(11-16-2)15(18)17-10-6-9-14(17)13-7-4-3-5-8-13/h3-5,7-8,12,14,16H,6,9-11H2,1-2H3. The Balaban J connectivity index is 2.10. The Morgan fingerprint density at radius 3 is 2.83 bits per heavy atom. The first kappa shape index (κ1) is 13.1. The van der Waals surface area contributed by atoms with Gasteiger partial charge < -0.3 is 10.2 Å². The van der Waals surface area contributed by atoms with E-state index in [0.29, 0.717) is 0 Å². The summed E-state index contributed by atoms with van der Waals surface area (Å²) in [7, 11) is 1.89. The molecule has 0 bridgehead atoms. The van der Waals surface area contributed by atoms with Gasteiger partial charge >= 0.3 is 0 Å². The first-order valence-corrected chi connectivity index (χ1v) is 6.74. The van der Waals surface area contributed by atoms with Crippen molar-refractivity contribution in [1.82, 2.24) is 10.2 Å². The van der Waals surface area contributed by atoms with Crippen molar-refractivity contribution < 1.29 is 4.79 Å². The molecule has 2 rings (SSSR count). The second kappa shape index (κ2) is 6.01. The molecule has 1 aliphatic heterocycles. The predicted molar refractivity (Wildman–Crippen MR) is 73.2 cm³/mol. The number of nitrogens with zero attached hydrogens (tertiary/aromatic N) is 1. The van der Waals surface area contributed by atoms with Gasteiger partial charge in [-0.2, -0.15) is 0 Å². The quantitative estimate of drug-likeness (QED) is 0.883. The highest BCUT2D eigenvalue weighted by Gasteiger charge is 2.31. The molecule has 1 aliphatic rings. The summed E-state index contributed by atoms with van der Waals surface area (Å²) in [4.78, 5) is 14.5. The Labute approximate surface area is 109 Å². The van der Waals surface area contributed by atoms with E-state index in [9.17, 15) is 4.79 Å². The SMILES string of the molecule is CNCC(C)C(=O)N1CCCC1c1ccccc1. The fraction of sp³-hybridized carbons (Fsp3) is 0.533. The van der Waals surface area contributed by atoms with Gasteiger partial charge in [0.1, 0.15) is 0 Å². The minimum atomic E-state index is 0.0549. The number of benzene rings is 1. The van der Waals surface area contributed by atoms with E-state index in [4.69, 9.17) is 0 Å². The number of nitrogens with one attached hydrogen (secondary N) is 1. The van der Waals surface area contributed by atoms with E-state index in [0.717, 1.165) is 25.9 Å². The van der Waals surface area contributed by atoms with Gasteiger partial charge in [0, 0.05) is 19.0 Å². The van der Waals surface area contributed by atoms with Crippen LogP contribution in [-0.2, 0) is 4.79 Å². The van der Waals surface area contributed by atoms with Crippen LogP contribution in [-0.4, -0.2) is 30.9 Å². The highest BCUT2D eigenvalue weighted by molar-refractivity contribution is 5.79. The second-order valence-electron chi connectivity index (χ2n) is 5.06. The van der Waals surface area contributed by atoms with Gasteiger partial charge in [-0.3, -0.25) is 4.79 Å². The number of rotatable bonds is 4. The van der Waals surface area contributed by atoms with Crippen LogP contribution in [0.15, 0.2) is 30.3 Å². The zero-order valence-electron chi connectivity index (χ0n) is 11.2. The summed E-state index contributed by atoms with van der Waals surface area (Å²) >= 11 is 0. The molecular weight excluding hydrogens is 224 g/mol. The first-order valence-electron chi connectivity index (χ1n) is 6.74. The maximum absolute atomic E-state index is 12.4. The molecule has 2 unspecified atom stereocenters. The highest BCUT2D eigenvalue weighted by Crippen LogP contribution is 2.32. The van der Waals surface area contributed by atoms with Gasteiger partial charge in [-0.25, -0.2) is 0 Å². The lowest BCUT2D eigenvalue weighted by atomic mass is 10.0. The Morgan fingerprint density at radius 1 is 1.44 bits per heavy atom. The number of amides is 1. The van der Waals surface area contributed by atoms with Crippen molar-refractivity contribution >= 4 is 5.91 Å². The fourth-order valence-corrected chi connectivity index (χ4v) is 2.73. The molecule has 1 aromatic carbocycles. The lowest BCUT2D eigenvalue weighted by Gasteiger charge is -2.27. The third-order valence-electron chi connectivity index (χ3n) is 3.65. The van der Waals surface area contributed by atoms with Crippen LogP contribution < -0.4 is 5.32 Å². The summed E-state index contributed by atoms with van der Waals surface area (Å²) in [6, 6.07) is 10.6. The molecule has 1 N–H and O–H groups in total. The number of hydrogen-bond acceptors (Lipinski definition) is 2. The molecule has 3 heteroatoms. The van der Waals surface area contributed by atoms with E-state index >= 15 is 0 Å². The van der Waals surface area contributed by atoms with Crippen molar-refractivity contribution in [2.75, 3.05) is 20.1 Å². The van der Waals surface area contributed by atoms with E-state index in [1.807, 2.05) is 32.2 Å². The maximum Gasteiger partial charge on any atom is 0.227 e. The summed E-state index contributed by atoms with van der Waals surface area (Å²) in [5, 5.41) is 3.08. The Morgan fingerprint density at radius 2 is 2.17 bits per heavy atom. The maximum atomic E-state index is 12.4. The van der Waals surface area contributed by atoms with Crippen LogP contribution in [0.3, 0.4) is 0 Å². The molecule has 0 saturated carbocycles. The average Bonchev–Trinajstić information content (AvgIpc) is 2.88. The summed E-state index contributed by atoms with van der Waals surface area (Å²) in [6.45, 7) is 3.64. The van der Waals surface area contributed by atoms with Gasteiger partial charge in [0.2, 0.25) is 5.91 Å². The highest BCUT2D eigenvalue weighted by atomic mass is 16.2. The molecule has 1 saturated heterocycles. The van der Waals surface area contributed by atoms with E-state index in [1.165, 1.54) is 5.56 Å². The minimum absolute atomic E-state index is 0.0549. The predicted octanol–water partition coefficient (Wildman–Crippen LogP) is 2.21. The molecule has 1 amide bonds. The third-order valence-corrected chi connectivity index (χ3v) is 3.65. The number of carbonyl (C=O) groups excluding carboxylic acids is 1. The molecular formula is C15H22N2O. The molecule has 0 spiro atoms. The number of carbonyl (C=O) groups is 1. The lowest BCUT2D eigenvalue weighted by molar-refractivity contribution is -0.135. The van der Waals surface area contributed by atoms with Crippen LogP contribution in [0, 0.1) is 5.92 Å². The van der Waals surface area contributed by atoms with Crippen LogP contribution in [0.5, 0.6) is 0 Å². The van der Waals surface area contributed by atoms with Crippen molar-refractivity contribution in [3.05, 3.63) is 35.9 Å². The van der Waals surface area contributed by atoms with Crippen LogP contribution in [0.4, 0.5) is 0 Å². The Hall–Kier alpha value is -1.35. The van der Waals surface area contributed by atoms with E-state index in [1.54, 1.807) is 0 Å². The molecule has 1 aromatic rings. The third kappa shape index (κ3) is 2.72. The molecule has 1 fully saturated rings. The van der Waals surface area contributed by atoms with Crippen LogP contribution >= 0.6 is 0 Å². The second-order valence-corrected chi connectivity index (χ2v) is 5.06. The van der Waals surface area contributed by atoms with Gasteiger partial charge in [0.15, 0.2) is 0 Å². The van der Waals surface area contributed by atoms with Gasteiger partial charge in [-0.05, 0) is 25.5 Å². The largest absolute Gasteiger partial charge is 0.335 e. The molecule has 0 radical (unpaired) electrons. The van der Waals surface area contributed by atoms with E-state index in [2.05, 4.69) is 22.3 Å². The van der Waals surface area contributed by atoms with Crippen LogP contribution in [0.1, 0.15) is 31.4 Å². The first-order chi connectivity index (χ1) is 8.74. The molecule has 2 atom stereocenters. The van der Waals surface area contributed by atoms with Gasteiger partial charge in [-0.1, -0.05) is 37.3 Å². The number of likely N-dealkylation sites (tertiary alicyclic amines) is 1. The van der Waals surface area contributed by atoms with Crippen molar-refractivity contribution in [2.45, 2.75) is 25.8 Å². The minimum Gasteiger partial charge on any atom is -0.335 e. The zero-order chi connectivity index (χ0) is 13.0. The monoisotopic (exact) mass is 246 g/mol. The number of hydrogen-bond donors (Lipinski definition) is 1. The van der Waals surface area contributed by atoms with Gasteiger partial charge in [0.25, 0.3) is 0 Å². The van der Waals surface area contributed by atoms with Crippen molar-refractivity contribution in [3.8, 4) is 0 Å².